The van der Waals surface area contributed by atoms with Crippen molar-refractivity contribution < 1.29 is 152 Å². The van der Waals surface area contributed by atoms with E-state index in [0.29, 0.717) is 5.57 Å². The molecule has 1 aromatic rings. The van der Waals surface area contributed by atoms with Crippen LogP contribution in [0.2, 0.25) is 0 Å². The maximum absolute atomic E-state index is 13.8. The third-order valence-electron chi connectivity index (χ3n) is 11.1. The Morgan fingerprint density at radius 2 is 1.69 bits per heavy atom. The molecule has 3 aliphatic rings. The number of amides is 1. The van der Waals surface area contributed by atoms with Crippen LogP contribution in [0.1, 0.15) is 71.7 Å². The zero-order chi connectivity index (χ0) is 39.6. The topological polar surface area (TPSA) is 218 Å². The molecule has 2 radical (unpaired) electrons. The number of esters is 2. The molecule has 9 unspecified atom stereocenters. The first-order valence-corrected chi connectivity index (χ1v) is 17.7. The van der Waals surface area contributed by atoms with E-state index in [-0.39, 0.29) is 124 Å². The zero-order valence-corrected chi connectivity index (χ0v) is 41.9. The minimum Gasteiger partial charge on any atom is -0.456 e. The molecular formula is C39H53Ac2NO13. The predicted molar refractivity (Wildman–Crippen MR) is 190 cm³/mol. The second kappa shape index (κ2) is 20.3. The molecule has 1 saturated carbocycles. The first kappa shape index (κ1) is 50.1. The number of rotatable bonds is 13. The van der Waals surface area contributed by atoms with Crippen LogP contribution in [0.15, 0.2) is 65.8 Å². The number of ether oxygens (including phenoxy) is 4. The fourth-order valence-electron chi connectivity index (χ4n) is 8.04. The molecule has 6 N–H and O–H groups in total. The van der Waals surface area contributed by atoms with Crippen molar-refractivity contribution in [1.82, 2.24) is 5.32 Å². The molecule has 2 aliphatic carbocycles. The van der Waals surface area contributed by atoms with Crippen LogP contribution in [0, 0.1) is 105 Å². The summed E-state index contributed by atoms with van der Waals surface area (Å²) in [6, 6.07) is 6.62. The molecule has 1 aromatic carbocycles. The summed E-state index contributed by atoms with van der Waals surface area (Å²) in [6.07, 6.45) is -7.41. The Kier molecular flexibility index (Phi) is 18.5. The number of hydrogen-bond acceptors (Lipinski definition) is 13. The number of benzene rings is 1. The number of aliphatic hydroxyl groups excluding tert-OH is 3. The smallest absolute Gasteiger partial charge is 0.408 e. The van der Waals surface area contributed by atoms with E-state index in [1.165, 1.54) is 31.2 Å². The van der Waals surface area contributed by atoms with E-state index in [1.807, 2.05) is 0 Å². The molecule has 16 heteroatoms. The average molecular weight is 1200 g/mol. The summed E-state index contributed by atoms with van der Waals surface area (Å²) in [4.78, 5) is 52.8. The van der Waals surface area contributed by atoms with Crippen LogP contribution < -0.4 is 5.32 Å². The first-order chi connectivity index (χ1) is 24.7. The Labute approximate surface area is 393 Å². The van der Waals surface area contributed by atoms with Crippen LogP contribution in [0.3, 0.4) is 0 Å². The van der Waals surface area contributed by atoms with Crippen molar-refractivity contribution in [3.05, 3.63) is 71.3 Å². The summed E-state index contributed by atoms with van der Waals surface area (Å²) >= 11 is 0. The third-order valence-corrected chi connectivity index (χ3v) is 11.1. The van der Waals surface area contributed by atoms with Gasteiger partial charge >= 0.3 is 18.0 Å². The minimum absolute atomic E-state index is 0. The summed E-state index contributed by atoms with van der Waals surface area (Å²) in [5.41, 5.74) is -4.71. The SMILES string of the molecule is C=CCOC(=O)NC(C=C(C)C)C(O)C(=O)OC1CC(O)(C(OC(=O)c2ccccc2)C2[C@@H](C)C(O)CC3OC[C@]32O)C(C)(C)C(C(O)C(C)=O)=C1C.[Ac].[Ac]. The van der Waals surface area contributed by atoms with Crippen molar-refractivity contribution in [1.29, 1.82) is 0 Å². The van der Waals surface area contributed by atoms with Gasteiger partial charge < -0.3 is 49.8 Å². The van der Waals surface area contributed by atoms with Crippen LogP contribution >= 0.6 is 0 Å². The normalized spacial score (nSPS) is 30.1. The molecule has 0 spiro atoms. The quantitative estimate of drug-likeness (QED) is 0.0952. The van der Waals surface area contributed by atoms with Gasteiger partial charge in [-0.1, -0.05) is 63.3 Å². The molecule has 1 saturated heterocycles. The van der Waals surface area contributed by atoms with Crippen molar-refractivity contribution >= 4 is 23.8 Å². The van der Waals surface area contributed by atoms with Crippen LogP contribution in [0.4, 0.5) is 4.79 Å². The Hall–Kier alpha value is -1.04. The van der Waals surface area contributed by atoms with Gasteiger partial charge in [0.05, 0.1) is 30.4 Å². The summed E-state index contributed by atoms with van der Waals surface area (Å²) in [5, 5.41) is 61.5. The van der Waals surface area contributed by atoms with Gasteiger partial charge in [0.2, 0.25) is 0 Å². The molecule has 1 amide bonds. The van der Waals surface area contributed by atoms with E-state index < -0.39 is 101 Å². The summed E-state index contributed by atoms with van der Waals surface area (Å²) < 4.78 is 22.7. The minimum atomic E-state index is -2.32. The van der Waals surface area contributed by atoms with E-state index in [0.717, 1.165) is 6.92 Å². The van der Waals surface area contributed by atoms with Gasteiger partial charge in [-0.15, -0.1) is 0 Å². The first-order valence-electron chi connectivity index (χ1n) is 17.7. The van der Waals surface area contributed by atoms with Crippen molar-refractivity contribution in [2.24, 2.45) is 17.3 Å². The second-order valence-electron chi connectivity index (χ2n) is 15.2. The average Bonchev–Trinajstić information content (AvgIpc) is 3.09. The molecule has 1 aliphatic heterocycles. The van der Waals surface area contributed by atoms with Gasteiger partial charge in [0.1, 0.15) is 36.1 Å². The molecule has 14 nitrogen and oxygen atoms in total. The molecule has 298 valence electrons. The number of allylic oxidation sites excluding steroid dienone is 1. The molecule has 0 bridgehead atoms. The number of carbonyl (C=O) groups excluding carboxylic acids is 4. The fourth-order valence-corrected chi connectivity index (χ4v) is 8.04. The Balaban J connectivity index is 0.00000523. The van der Waals surface area contributed by atoms with E-state index in [2.05, 4.69) is 11.9 Å². The van der Waals surface area contributed by atoms with Crippen molar-refractivity contribution in [2.75, 3.05) is 13.2 Å². The monoisotopic (exact) mass is 1200 g/mol. The number of ketones is 1. The number of hydrogen-bond donors (Lipinski definition) is 6. The zero-order valence-electron chi connectivity index (χ0n) is 32.4. The number of alkyl carbamates (subject to hydrolysis) is 1. The molecule has 11 atom stereocenters. The van der Waals surface area contributed by atoms with Crippen LogP contribution in [0.5, 0.6) is 0 Å². The van der Waals surface area contributed by atoms with Crippen molar-refractivity contribution in [2.45, 2.75) is 115 Å². The Bertz CT molecular complexity index is 1630. The number of Topliss-reactive ketones (excluding diaryl/α,β-unsaturated/α-hetero) is 1. The van der Waals surface area contributed by atoms with Gasteiger partial charge in [0.25, 0.3) is 0 Å². The van der Waals surface area contributed by atoms with Gasteiger partial charge in [-0.25, -0.2) is 14.4 Å². The number of fused-ring (bicyclic) bond motifs is 1. The summed E-state index contributed by atoms with van der Waals surface area (Å²) in [7, 11) is 0. The number of carbonyl (C=O) groups is 4. The van der Waals surface area contributed by atoms with Crippen molar-refractivity contribution in [3.63, 3.8) is 0 Å². The molecule has 0 aromatic heterocycles. The standard InChI is InChI=1S/C39H53NO13.2Ac/c1-9-15-50-36(47)40-25(16-20(2)3)32(44)35(46)52-27-18-39(49,37(7,8)29(22(27)5)31(43)23(6)41)33(53-34(45)24-13-11-10-12-14-24)30-21(4)26(42)17-28-38(30,48)19-51-28;;/h9-14,16,21,25-28,30-33,42-44,48-49H,1,15,17-19H2,2-8H3,(H,40,47);;/t21-,25?,26?,27?,28?,30?,31?,32?,33?,38-,39?;;/m0../s1. The summed E-state index contributed by atoms with van der Waals surface area (Å²) in [5.74, 6) is -4.73. The van der Waals surface area contributed by atoms with Crippen LogP contribution in [-0.4, -0.2) is 116 Å². The maximum Gasteiger partial charge on any atom is 0.408 e. The molecular weight excluding hydrogens is 1140 g/mol. The van der Waals surface area contributed by atoms with Crippen LogP contribution in [-0.2, 0) is 28.5 Å². The van der Waals surface area contributed by atoms with Gasteiger partial charge in [0, 0.05) is 112 Å². The van der Waals surface area contributed by atoms with Gasteiger partial charge in [-0.05, 0) is 56.9 Å². The van der Waals surface area contributed by atoms with E-state index in [4.69, 9.17) is 18.9 Å². The second-order valence-corrected chi connectivity index (χ2v) is 15.2. The van der Waals surface area contributed by atoms with E-state index >= 15 is 0 Å². The van der Waals surface area contributed by atoms with Crippen molar-refractivity contribution in [3.8, 4) is 0 Å². The summed E-state index contributed by atoms with van der Waals surface area (Å²) in [6.45, 7) is 13.9. The van der Waals surface area contributed by atoms with Gasteiger partial charge in [0.15, 0.2) is 11.9 Å². The van der Waals surface area contributed by atoms with Gasteiger partial charge in [-0.3, -0.25) is 4.79 Å². The molecule has 2 fully saturated rings. The number of nitrogens with one attached hydrogen (secondary N) is 1. The predicted octanol–water partition coefficient (Wildman–Crippen LogP) is 2.31. The third kappa shape index (κ3) is 10.4. The number of aliphatic hydroxyl groups is 5. The molecule has 1 heterocycles. The fraction of sp³-hybridized carbons (Fsp3) is 0.590. The molecule has 55 heavy (non-hydrogen) atoms. The maximum atomic E-state index is 13.8. The Morgan fingerprint density at radius 1 is 1.07 bits per heavy atom. The largest absolute Gasteiger partial charge is 0.456 e. The van der Waals surface area contributed by atoms with E-state index in [1.54, 1.807) is 52.8 Å². The Morgan fingerprint density at radius 3 is 2.22 bits per heavy atom. The van der Waals surface area contributed by atoms with E-state index in [9.17, 15) is 44.7 Å². The molecule has 4 rings (SSSR count). The van der Waals surface area contributed by atoms with Crippen LogP contribution in [0.25, 0.3) is 0 Å². The van der Waals surface area contributed by atoms with Gasteiger partial charge in [-0.2, -0.15) is 0 Å².